The second kappa shape index (κ2) is 12.2. The highest BCUT2D eigenvalue weighted by atomic mass is 16.5. The van der Waals surface area contributed by atoms with Crippen LogP contribution in [-0.4, -0.2) is 47.4 Å². The molecule has 0 radical (unpaired) electrons. The third-order valence-corrected chi connectivity index (χ3v) is 7.39. The standard InChI is InChI=1S/C32H37N3O4/c1-20(2)13-28(35-19-23-11-6-7-12-27(23)32(35)38)31(37)34-18-25(15-29(36)39-5)24-14-26(17-33-16-24)30-21(3)9-8-10-22(30)4/h6-12,14,16-17,20,25,28H,13,15,18-19H2,1-5H3,(H,34,37)/t25-,28?/m1/s1. The lowest BCUT2D eigenvalue weighted by molar-refractivity contribution is -0.141. The van der Waals surface area contributed by atoms with E-state index in [0.717, 1.165) is 33.4 Å². The van der Waals surface area contributed by atoms with Crippen molar-refractivity contribution in [2.45, 2.75) is 59.0 Å². The number of carbonyl (C=O) groups is 3. The Hall–Kier alpha value is -4.00. The number of hydrogen-bond donors (Lipinski definition) is 1. The monoisotopic (exact) mass is 527 g/mol. The molecule has 2 atom stereocenters. The molecule has 1 aliphatic heterocycles. The number of nitrogens with zero attached hydrogens (tertiary/aromatic N) is 2. The minimum atomic E-state index is -0.609. The molecule has 4 rings (SSSR count). The summed E-state index contributed by atoms with van der Waals surface area (Å²) < 4.78 is 4.97. The molecule has 1 aliphatic rings. The molecule has 0 aliphatic carbocycles. The summed E-state index contributed by atoms with van der Waals surface area (Å²) in [6.45, 7) is 8.84. The summed E-state index contributed by atoms with van der Waals surface area (Å²) in [4.78, 5) is 45.3. The fourth-order valence-electron chi connectivity index (χ4n) is 5.37. The molecule has 2 amide bonds. The molecule has 1 aromatic heterocycles. The van der Waals surface area contributed by atoms with Gasteiger partial charge in [0.25, 0.3) is 5.91 Å². The van der Waals surface area contributed by atoms with E-state index >= 15 is 0 Å². The van der Waals surface area contributed by atoms with Crippen LogP contribution < -0.4 is 5.32 Å². The van der Waals surface area contributed by atoms with Crippen LogP contribution in [0.3, 0.4) is 0 Å². The third kappa shape index (κ3) is 6.36. The summed E-state index contributed by atoms with van der Waals surface area (Å²) >= 11 is 0. The molecule has 1 N–H and O–H groups in total. The number of esters is 1. The molecule has 0 fully saturated rings. The van der Waals surface area contributed by atoms with E-state index in [1.54, 1.807) is 11.1 Å². The van der Waals surface area contributed by atoms with Gasteiger partial charge in [0.1, 0.15) is 6.04 Å². The first kappa shape index (κ1) is 28.0. The average Bonchev–Trinajstić information content (AvgIpc) is 3.25. The van der Waals surface area contributed by atoms with E-state index in [4.69, 9.17) is 4.74 Å². The Bertz CT molecular complexity index is 1350. The van der Waals surface area contributed by atoms with Gasteiger partial charge in [0.2, 0.25) is 5.91 Å². The molecule has 0 bridgehead atoms. The van der Waals surface area contributed by atoms with Gasteiger partial charge < -0.3 is 15.0 Å². The van der Waals surface area contributed by atoms with E-state index in [-0.39, 0.29) is 42.6 Å². The molecule has 7 nitrogen and oxygen atoms in total. The number of amides is 2. The molecule has 2 aromatic carbocycles. The largest absolute Gasteiger partial charge is 0.469 e. The van der Waals surface area contributed by atoms with Crippen molar-refractivity contribution < 1.29 is 19.1 Å². The van der Waals surface area contributed by atoms with Crippen molar-refractivity contribution in [1.82, 2.24) is 15.2 Å². The molecule has 204 valence electrons. The number of nitrogens with one attached hydrogen (secondary N) is 1. The Morgan fingerprint density at radius 1 is 1.05 bits per heavy atom. The maximum Gasteiger partial charge on any atom is 0.306 e. The summed E-state index contributed by atoms with van der Waals surface area (Å²) in [5, 5.41) is 3.05. The SMILES string of the molecule is COC(=O)C[C@H](CNC(=O)C(CC(C)C)N1Cc2ccccc2C1=O)c1cncc(-c2c(C)cccc2C)c1. The Labute approximate surface area is 230 Å². The average molecular weight is 528 g/mol. The highest BCUT2D eigenvalue weighted by Crippen LogP contribution is 2.30. The molecule has 39 heavy (non-hydrogen) atoms. The van der Waals surface area contributed by atoms with Gasteiger partial charge in [-0.15, -0.1) is 0 Å². The molecule has 7 heteroatoms. The van der Waals surface area contributed by atoms with Crippen LogP contribution in [0.4, 0.5) is 0 Å². The Morgan fingerprint density at radius 3 is 2.44 bits per heavy atom. The highest BCUT2D eigenvalue weighted by Gasteiger charge is 2.36. The van der Waals surface area contributed by atoms with E-state index < -0.39 is 6.04 Å². The van der Waals surface area contributed by atoms with Crippen molar-refractivity contribution in [2.24, 2.45) is 5.92 Å². The molecule has 2 heterocycles. The molecular weight excluding hydrogens is 490 g/mol. The van der Waals surface area contributed by atoms with Gasteiger partial charge in [-0.1, -0.05) is 50.2 Å². The molecule has 0 saturated carbocycles. The zero-order valence-corrected chi connectivity index (χ0v) is 23.4. The van der Waals surface area contributed by atoms with Gasteiger partial charge in [-0.3, -0.25) is 19.4 Å². The van der Waals surface area contributed by atoms with Crippen molar-refractivity contribution in [3.05, 3.63) is 88.7 Å². The first-order chi connectivity index (χ1) is 18.7. The van der Waals surface area contributed by atoms with Gasteiger partial charge >= 0.3 is 5.97 Å². The molecular formula is C32H37N3O4. The maximum atomic E-state index is 13.6. The molecule has 0 saturated heterocycles. The molecule has 3 aromatic rings. The fourth-order valence-corrected chi connectivity index (χ4v) is 5.37. The first-order valence-corrected chi connectivity index (χ1v) is 13.4. The van der Waals surface area contributed by atoms with Crippen molar-refractivity contribution in [3.8, 4) is 11.1 Å². The van der Waals surface area contributed by atoms with Gasteiger partial charge in [0.15, 0.2) is 0 Å². The van der Waals surface area contributed by atoms with Crippen molar-refractivity contribution in [3.63, 3.8) is 0 Å². The van der Waals surface area contributed by atoms with Crippen molar-refractivity contribution in [2.75, 3.05) is 13.7 Å². The second-order valence-electron chi connectivity index (χ2n) is 10.7. The van der Waals surface area contributed by atoms with Crippen LogP contribution in [-0.2, 0) is 20.9 Å². The number of benzene rings is 2. The van der Waals surface area contributed by atoms with Crippen LogP contribution in [0.5, 0.6) is 0 Å². The fraction of sp³-hybridized carbons (Fsp3) is 0.375. The summed E-state index contributed by atoms with van der Waals surface area (Å²) in [6.07, 6.45) is 4.19. The topological polar surface area (TPSA) is 88.6 Å². The zero-order chi connectivity index (χ0) is 28.1. The highest BCUT2D eigenvalue weighted by molar-refractivity contribution is 6.01. The number of pyridine rings is 1. The van der Waals surface area contributed by atoms with Gasteiger partial charge in [0, 0.05) is 42.5 Å². The molecule has 1 unspecified atom stereocenters. The quantitative estimate of drug-likeness (QED) is 0.366. The van der Waals surface area contributed by atoms with E-state index in [1.165, 1.54) is 7.11 Å². The number of methoxy groups -OCH3 is 1. The van der Waals surface area contributed by atoms with Gasteiger partial charge in [-0.05, 0) is 66.1 Å². The van der Waals surface area contributed by atoms with E-state index in [0.29, 0.717) is 18.5 Å². The second-order valence-corrected chi connectivity index (χ2v) is 10.7. The zero-order valence-electron chi connectivity index (χ0n) is 23.4. The van der Waals surface area contributed by atoms with Crippen LogP contribution in [0, 0.1) is 19.8 Å². The summed E-state index contributed by atoms with van der Waals surface area (Å²) in [7, 11) is 1.36. The van der Waals surface area contributed by atoms with Gasteiger partial charge in [-0.25, -0.2) is 0 Å². The van der Waals surface area contributed by atoms with Gasteiger partial charge in [-0.2, -0.15) is 0 Å². The predicted molar refractivity (Wildman–Crippen MR) is 151 cm³/mol. The van der Waals surface area contributed by atoms with E-state index in [1.807, 2.05) is 56.4 Å². The van der Waals surface area contributed by atoms with Crippen LogP contribution in [0.25, 0.3) is 11.1 Å². The van der Waals surface area contributed by atoms with Crippen LogP contribution >= 0.6 is 0 Å². The number of aromatic nitrogens is 1. The molecule has 0 spiro atoms. The lowest BCUT2D eigenvalue weighted by Gasteiger charge is -2.29. The van der Waals surface area contributed by atoms with Crippen molar-refractivity contribution >= 4 is 17.8 Å². The maximum absolute atomic E-state index is 13.6. The summed E-state index contributed by atoms with van der Waals surface area (Å²) in [5.74, 6) is -0.845. The lowest BCUT2D eigenvalue weighted by atomic mass is 9.91. The van der Waals surface area contributed by atoms with Crippen LogP contribution in [0.2, 0.25) is 0 Å². The minimum Gasteiger partial charge on any atom is -0.469 e. The number of fused-ring (bicyclic) bond motifs is 1. The van der Waals surface area contributed by atoms with E-state index in [9.17, 15) is 14.4 Å². The first-order valence-electron chi connectivity index (χ1n) is 13.4. The Kier molecular flexibility index (Phi) is 8.79. The van der Waals surface area contributed by atoms with E-state index in [2.05, 4.69) is 36.3 Å². The van der Waals surface area contributed by atoms with Crippen molar-refractivity contribution in [1.29, 1.82) is 0 Å². The summed E-state index contributed by atoms with van der Waals surface area (Å²) in [6, 6.07) is 15.1. The number of rotatable bonds is 10. The Balaban J connectivity index is 1.57. The normalized spacial score (nSPS) is 14.2. The number of carbonyl (C=O) groups excluding carboxylic acids is 3. The smallest absolute Gasteiger partial charge is 0.306 e. The number of ether oxygens (including phenoxy) is 1. The Morgan fingerprint density at radius 2 is 1.77 bits per heavy atom. The van der Waals surface area contributed by atoms with Crippen LogP contribution in [0.15, 0.2) is 60.9 Å². The number of hydrogen-bond acceptors (Lipinski definition) is 5. The predicted octanol–water partition coefficient (Wildman–Crippen LogP) is 5.20. The summed E-state index contributed by atoms with van der Waals surface area (Å²) in [5.41, 5.74) is 6.77. The third-order valence-electron chi connectivity index (χ3n) is 7.39. The van der Waals surface area contributed by atoms with Gasteiger partial charge in [0.05, 0.1) is 13.5 Å². The minimum absolute atomic E-state index is 0.0948. The number of aryl methyl sites for hydroxylation is 2. The van der Waals surface area contributed by atoms with Crippen LogP contribution in [0.1, 0.15) is 65.2 Å². The lowest BCUT2D eigenvalue weighted by Crippen LogP contribution is -2.48.